The van der Waals surface area contributed by atoms with Gasteiger partial charge >= 0.3 is 6.61 Å². The first-order valence-electron chi connectivity index (χ1n) is 11.3. The lowest BCUT2D eigenvalue weighted by Crippen LogP contribution is -2.20. The van der Waals surface area contributed by atoms with Crippen molar-refractivity contribution in [3.05, 3.63) is 89.4 Å². The van der Waals surface area contributed by atoms with Crippen molar-refractivity contribution in [2.24, 2.45) is 0 Å². The molecule has 0 bridgehead atoms. The zero-order valence-electron chi connectivity index (χ0n) is 19.1. The van der Waals surface area contributed by atoms with Crippen LogP contribution in [-0.2, 0) is 11.2 Å². The number of hydrogen-bond acceptors (Lipinski definition) is 5. The maximum Gasteiger partial charge on any atom is 0.387 e. The summed E-state index contributed by atoms with van der Waals surface area (Å²) in [5, 5.41) is 6.96. The molecular weight excluding hydrogens is 471 g/mol. The Kier molecular flexibility index (Phi) is 5.45. The van der Waals surface area contributed by atoms with Crippen molar-refractivity contribution in [1.29, 1.82) is 0 Å². The first-order valence-corrected chi connectivity index (χ1v) is 11.3. The molecule has 1 N–H and O–H groups in total. The Balaban J connectivity index is 1.44. The molecule has 0 radical (unpaired) electrons. The number of aryl methyl sites for hydroxylation is 1. The van der Waals surface area contributed by atoms with Crippen LogP contribution in [0.15, 0.2) is 60.8 Å². The van der Waals surface area contributed by atoms with Crippen LogP contribution in [-0.4, -0.2) is 37.8 Å². The number of nitrogens with zero attached hydrogens (tertiary/aromatic N) is 4. The Bertz CT molecular complexity index is 1560. The fourth-order valence-corrected chi connectivity index (χ4v) is 4.57. The predicted molar refractivity (Wildman–Crippen MR) is 125 cm³/mol. The van der Waals surface area contributed by atoms with Gasteiger partial charge in [0.2, 0.25) is 0 Å². The topological polar surface area (TPSA) is 77.3 Å². The number of hydrogen-bond donors (Lipinski definition) is 1. The van der Waals surface area contributed by atoms with E-state index in [4.69, 9.17) is 9.47 Å². The van der Waals surface area contributed by atoms with Crippen LogP contribution in [0.5, 0.6) is 5.75 Å². The van der Waals surface area contributed by atoms with Gasteiger partial charge < -0.3 is 9.47 Å². The molecule has 1 atom stereocenters. The van der Waals surface area contributed by atoms with Crippen LogP contribution in [0.1, 0.15) is 28.9 Å². The van der Waals surface area contributed by atoms with Gasteiger partial charge in [-0.25, -0.2) is 14.4 Å². The van der Waals surface area contributed by atoms with Crippen molar-refractivity contribution >= 4 is 5.65 Å². The molecule has 2 aromatic carbocycles. The molecule has 10 heteroatoms. The Morgan fingerprint density at radius 2 is 1.86 bits per heavy atom. The van der Waals surface area contributed by atoms with Crippen LogP contribution in [0, 0.1) is 12.7 Å². The summed E-state index contributed by atoms with van der Waals surface area (Å²) in [5.74, 6) is 0.863. The molecule has 4 heterocycles. The summed E-state index contributed by atoms with van der Waals surface area (Å²) in [6, 6.07) is 15.1. The van der Waals surface area contributed by atoms with Crippen LogP contribution in [0.4, 0.5) is 13.2 Å². The van der Waals surface area contributed by atoms with E-state index in [2.05, 4.69) is 20.2 Å². The number of benzene rings is 2. The number of aromatic nitrogens is 5. The lowest BCUT2D eigenvalue weighted by molar-refractivity contribution is -0.0522. The zero-order valence-corrected chi connectivity index (χ0v) is 19.1. The third kappa shape index (κ3) is 3.89. The molecule has 1 aliphatic heterocycles. The van der Waals surface area contributed by atoms with E-state index >= 15 is 4.39 Å². The van der Waals surface area contributed by atoms with Crippen molar-refractivity contribution in [2.45, 2.75) is 26.1 Å². The number of pyridine rings is 1. The SMILES string of the molecule is Cc1nc(-c2ccc(-c3cn4c5c(nc4cc3F)CCOC5c3ccccc3OC(F)F)cc2)n[nH]1. The summed E-state index contributed by atoms with van der Waals surface area (Å²) in [6.45, 7) is -0.807. The summed E-state index contributed by atoms with van der Waals surface area (Å²) in [4.78, 5) is 8.93. The van der Waals surface area contributed by atoms with E-state index in [9.17, 15) is 8.78 Å². The second-order valence-electron chi connectivity index (χ2n) is 8.45. The Labute approximate surface area is 203 Å². The number of rotatable bonds is 5. The normalized spacial score (nSPS) is 15.4. The molecule has 36 heavy (non-hydrogen) atoms. The smallest absolute Gasteiger partial charge is 0.387 e. The number of imidazole rings is 1. The van der Waals surface area contributed by atoms with Gasteiger partial charge in [-0.15, -0.1) is 0 Å². The van der Waals surface area contributed by atoms with Gasteiger partial charge in [-0.1, -0.05) is 42.5 Å². The zero-order chi connectivity index (χ0) is 24.8. The third-order valence-corrected chi connectivity index (χ3v) is 6.16. The van der Waals surface area contributed by atoms with Gasteiger partial charge in [0.15, 0.2) is 5.82 Å². The van der Waals surface area contributed by atoms with Gasteiger partial charge in [0, 0.05) is 35.4 Å². The van der Waals surface area contributed by atoms with Gasteiger partial charge in [0.25, 0.3) is 0 Å². The molecule has 1 aliphatic rings. The summed E-state index contributed by atoms with van der Waals surface area (Å²) in [7, 11) is 0. The summed E-state index contributed by atoms with van der Waals surface area (Å²) in [6.07, 6.45) is 1.49. The molecule has 7 nitrogen and oxygen atoms in total. The van der Waals surface area contributed by atoms with Crippen LogP contribution >= 0.6 is 0 Å². The first-order chi connectivity index (χ1) is 17.5. The van der Waals surface area contributed by atoms with Crippen LogP contribution in [0.25, 0.3) is 28.2 Å². The molecule has 0 spiro atoms. The van der Waals surface area contributed by atoms with E-state index in [1.807, 2.05) is 19.1 Å². The van der Waals surface area contributed by atoms with Crippen molar-refractivity contribution in [2.75, 3.05) is 6.61 Å². The minimum absolute atomic E-state index is 0.0282. The molecule has 6 rings (SSSR count). The summed E-state index contributed by atoms with van der Waals surface area (Å²) < 4.78 is 53.8. The molecule has 0 saturated carbocycles. The Morgan fingerprint density at radius 1 is 1.08 bits per heavy atom. The Morgan fingerprint density at radius 3 is 2.61 bits per heavy atom. The maximum absolute atomic E-state index is 15.2. The van der Waals surface area contributed by atoms with Crippen molar-refractivity contribution < 1.29 is 22.6 Å². The molecular formula is C26H20F3N5O2. The predicted octanol–water partition coefficient (Wildman–Crippen LogP) is 5.50. The number of ether oxygens (including phenoxy) is 2. The first kappa shape index (κ1) is 22.3. The number of para-hydroxylation sites is 1. The van der Waals surface area contributed by atoms with Crippen LogP contribution < -0.4 is 4.74 Å². The van der Waals surface area contributed by atoms with Crippen molar-refractivity contribution in [1.82, 2.24) is 24.6 Å². The number of halogens is 3. The lowest BCUT2D eigenvalue weighted by Gasteiger charge is -2.25. The molecule has 182 valence electrons. The van der Waals surface area contributed by atoms with Crippen LogP contribution in [0.2, 0.25) is 0 Å². The standard InChI is InChI=1S/C26H20F3N5O2/c1-14-30-25(33-32-14)16-8-6-15(7-9-16)18-13-34-22(12-19(18)27)31-20-10-11-35-24(23(20)34)17-4-2-3-5-21(17)36-26(28)29/h2-9,12-13,24,26H,10-11H2,1H3,(H,30,32,33). The number of fused-ring (bicyclic) bond motifs is 3. The number of aromatic amines is 1. The minimum atomic E-state index is -2.97. The largest absolute Gasteiger partial charge is 0.434 e. The van der Waals surface area contributed by atoms with E-state index in [0.717, 1.165) is 11.3 Å². The quantitative estimate of drug-likeness (QED) is 0.352. The highest BCUT2D eigenvalue weighted by Crippen LogP contribution is 2.39. The molecule has 5 aromatic rings. The van der Waals surface area contributed by atoms with Crippen molar-refractivity contribution in [3.8, 4) is 28.3 Å². The van der Waals surface area contributed by atoms with Gasteiger partial charge in [0.05, 0.1) is 18.0 Å². The molecule has 0 amide bonds. The average molecular weight is 491 g/mol. The number of nitrogens with one attached hydrogen (secondary N) is 1. The van der Waals surface area contributed by atoms with E-state index in [1.165, 1.54) is 12.1 Å². The molecule has 3 aromatic heterocycles. The highest BCUT2D eigenvalue weighted by atomic mass is 19.3. The highest BCUT2D eigenvalue weighted by molar-refractivity contribution is 5.69. The lowest BCUT2D eigenvalue weighted by atomic mass is 10.0. The average Bonchev–Trinajstić information content (AvgIpc) is 3.46. The second kappa shape index (κ2) is 8.80. The van der Waals surface area contributed by atoms with E-state index in [1.54, 1.807) is 40.9 Å². The van der Waals surface area contributed by atoms with E-state index in [-0.39, 0.29) is 5.75 Å². The molecule has 0 aliphatic carbocycles. The minimum Gasteiger partial charge on any atom is -0.434 e. The second-order valence-corrected chi connectivity index (χ2v) is 8.45. The van der Waals surface area contributed by atoms with Crippen molar-refractivity contribution in [3.63, 3.8) is 0 Å². The monoisotopic (exact) mass is 491 g/mol. The fraction of sp³-hybridized carbons (Fsp3) is 0.192. The van der Waals surface area contributed by atoms with Gasteiger partial charge in [0.1, 0.15) is 29.1 Å². The highest BCUT2D eigenvalue weighted by Gasteiger charge is 2.31. The molecule has 0 saturated heterocycles. The van der Waals surface area contributed by atoms with Gasteiger partial charge in [-0.05, 0) is 18.6 Å². The van der Waals surface area contributed by atoms with E-state index < -0.39 is 18.5 Å². The van der Waals surface area contributed by atoms with Crippen LogP contribution in [0.3, 0.4) is 0 Å². The maximum atomic E-state index is 15.2. The number of H-pyrrole nitrogens is 1. The van der Waals surface area contributed by atoms with E-state index in [0.29, 0.717) is 52.7 Å². The van der Waals surface area contributed by atoms with Gasteiger partial charge in [-0.2, -0.15) is 13.9 Å². The molecule has 0 fully saturated rings. The van der Waals surface area contributed by atoms with Gasteiger partial charge in [-0.3, -0.25) is 9.50 Å². The fourth-order valence-electron chi connectivity index (χ4n) is 4.57. The Hall–Kier alpha value is -4.18. The molecule has 1 unspecified atom stereocenters. The third-order valence-electron chi connectivity index (χ3n) is 6.16. The summed E-state index contributed by atoms with van der Waals surface area (Å²) >= 11 is 0. The number of alkyl halides is 2. The summed E-state index contributed by atoms with van der Waals surface area (Å²) in [5.41, 5.74) is 4.08.